The van der Waals surface area contributed by atoms with Gasteiger partial charge in [-0.2, -0.15) is 0 Å². The van der Waals surface area contributed by atoms with E-state index in [-0.39, 0.29) is 11.8 Å². The van der Waals surface area contributed by atoms with Gasteiger partial charge in [-0.3, -0.25) is 0 Å². The summed E-state index contributed by atoms with van der Waals surface area (Å²) in [5.74, 6) is 0.398. The van der Waals surface area contributed by atoms with Crippen LogP contribution in [0.5, 0.6) is 0 Å². The molecule has 3 nitrogen and oxygen atoms in total. The number of ether oxygens (including phenoxy) is 2. The van der Waals surface area contributed by atoms with Crippen LogP contribution in [0.25, 0.3) is 0 Å². The van der Waals surface area contributed by atoms with Crippen LogP contribution in [-0.4, -0.2) is 16.3 Å². The van der Waals surface area contributed by atoms with E-state index < -0.39 is 16.3 Å². The molecule has 2 unspecified atom stereocenters. The maximum atomic E-state index is 12.0. The third-order valence-corrected chi connectivity index (χ3v) is 5.51. The lowest BCUT2D eigenvalue weighted by molar-refractivity contribution is -0.0492. The van der Waals surface area contributed by atoms with Gasteiger partial charge in [-0.15, -0.1) is 0 Å². The monoisotopic (exact) mass is 322 g/mol. The molecule has 2 fully saturated rings. The number of carbonyl (C=O) groups excluding carboxylic acids is 1. The molecule has 0 heterocycles. The molecule has 2 aliphatic carbocycles. The molecule has 2 rings (SSSR count). The number of alkyl halides is 2. The molecule has 0 aromatic heterocycles. The van der Waals surface area contributed by atoms with Crippen LogP contribution < -0.4 is 0 Å². The van der Waals surface area contributed by atoms with Crippen molar-refractivity contribution in [1.82, 2.24) is 0 Å². The van der Waals surface area contributed by atoms with E-state index in [1.807, 2.05) is 0 Å². The van der Waals surface area contributed by atoms with Crippen molar-refractivity contribution in [3.05, 3.63) is 0 Å². The van der Waals surface area contributed by atoms with E-state index in [0.717, 1.165) is 51.4 Å². The zero-order valence-electron chi connectivity index (χ0n) is 12.3. The zero-order valence-corrected chi connectivity index (χ0v) is 13.8. The highest BCUT2D eigenvalue weighted by molar-refractivity contribution is 6.24. The standard InChI is InChI=1S/C15H24Cl2O3/c1-14(16,11-7-3-4-8-11)19-13(18)20-15(2,17)12-9-5-6-10-12/h11-12H,3-10H2,1-2H3. The Kier molecular flexibility index (Phi) is 5.12. The van der Waals surface area contributed by atoms with Crippen molar-refractivity contribution in [2.45, 2.75) is 75.3 Å². The van der Waals surface area contributed by atoms with Crippen molar-refractivity contribution in [3.8, 4) is 0 Å². The largest absolute Gasteiger partial charge is 0.511 e. The van der Waals surface area contributed by atoms with Gasteiger partial charge in [-0.1, -0.05) is 48.9 Å². The molecule has 0 spiro atoms. The zero-order chi connectivity index (χ0) is 14.8. The first-order valence-corrected chi connectivity index (χ1v) is 8.36. The number of rotatable bonds is 4. The Morgan fingerprint density at radius 2 is 1.15 bits per heavy atom. The maximum Gasteiger partial charge on any atom is 0.511 e. The van der Waals surface area contributed by atoms with E-state index in [1.54, 1.807) is 13.8 Å². The number of hydrogen-bond acceptors (Lipinski definition) is 3. The molecule has 0 aromatic carbocycles. The number of hydrogen-bond donors (Lipinski definition) is 0. The second-order valence-electron chi connectivity index (χ2n) is 6.39. The minimum atomic E-state index is -0.990. The SMILES string of the molecule is CC(Cl)(OC(=O)OC(C)(Cl)C1CCCC1)C1CCCC1. The van der Waals surface area contributed by atoms with E-state index in [4.69, 9.17) is 32.7 Å². The van der Waals surface area contributed by atoms with E-state index in [9.17, 15) is 4.79 Å². The topological polar surface area (TPSA) is 35.5 Å². The van der Waals surface area contributed by atoms with Crippen molar-refractivity contribution in [2.24, 2.45) is 11.8 Å². The Morgan fingerprint density at radius 1 is 0.850 bits per heavy atom. The van der Waals surface area contributed by atoms with Gasteiger partial charge in [-0.25, -0.2) is 4.79 Å². The molecule has 0 N–H and O–H groups in total. The van der Waals surface area contributed by atoms with Gasteiger partial charge in [0.1, 0.15) is 0 Å². The summed E-state index contributed by atoms with van der Waals surface area (Å²) in [6.45, 7) is 3.49. The van der Waals surface area contributed by atoms with E-state index in [0.29, 0.717) is 0 Å². The molecule has 0 saturated heterocycles. The van der Waals surface area contributed by atoms with Crippen LogP contribution in [0.2, 0.25) is 0 Å². The molecule has 2 saturated carbocycles. The summed E-state index contributed by atoms with van der Waals surface area (Å²) in [6, 6.07) is 0. The average Bonchev–Trinajstić information content (AvgIpc) is 3.02. The summed E-state index contributed by atoms with van der Waals surface area (Å²) < 4.78 is 10.7. The molecule has 0 aliphatic heterocycles. The number of halogens is 2. The van der Waals surface area contributed by atoms with Gasteiger partial charge >= 0.3 is 6.16 Å². The van der Waals surface area contributed by atoms with Gasteiger partial charge < -0.3 is 9.47 Å². The minimum Gasteiger partial charge on any atom is -0.412 e. The Hall–Kier alpha value is -0.150. The van der Waals surface area contributed by atoms with Crippen molar-refractivity contribution < 1.29 is 14.3 Å². The Morgan fingerprint density at radius 3 is 1.45 bits per heavy atom. The van der Waals surface area contributed by atoms with Gasteiger partial charge in [-0.05, 0) is 39.5 Å². The first kappa shape index (κ1) is 16.2. The highest BCUT2D eigenvalue weighted by Crippen LogP contribution is 2.42. The Labute approximate surface area is 131 Å². The molecule has 20 heavy (non-hydrogen) atoms. The second kappa shape index (κ2) is 6.31. The number of carbonyl (C=O) groups is 1. The second-order valence-corrected chi connectivity index (χ2v) is 7.89. The lowest BCUT2D eigenvalue weighted by atomic mass is 10.0. The van der Waals surface area contributed by atoms with E-state index in [2.05, 4.69) is 0 Å². The molecule has 116 valence electrons. The highest BCUT2D eigenvalue weighted by Gasteiger charge is 2.42. The summed E-state index contributed by atoms with van der Waals surface area (Å²) in [4.78, 5) is 12.0. The summed E-state index contributed by atoms with van der Waals surface area (Å²) in [5.41, 5.74) is 0. The van der Waals surface area contributed by atoms with Crippen molar-refractivity contribution in [2.75, 3.05) is 0 Å². The predicted molar refractivity (Wildman–Crippen MR) is 80.0 cm³/mol. The molecule has 0 radical (unpaired) electrons. The van der Waals surface area contributed by atoms with Crippen molar-refractivity contribution in [3.63, 3.8) is 0 Å². The van der Waals surface area contributed by atoms with Gasteiger partial charge in [0.05, 0.1) is 0 Å². The van der Waals surface area contributed by atoms with Crippen LogP contribution in [-0.2, 0) is 9.47 Å². The quantitative estimate of drug-likeness (QED) is 0.511. The fourth-order valence-electron chi connectivity index (χ4n) is 3.40. The van der Waals surface area contributed by atoms with E-state index in [1.165, 1.54) is 0 Å². The molecule has 5 heteroatoms. The molecule has 0 amide bonds. The van der Waals surface area contributed by atoms with Crippen LogP contribution in [0.1, 0.15) is 65.2 Å². The van der Waals surface area contributed by atoms with Crippen LogP contribution in [0.3, 0.4) is 0 Å². The first-order valence-electron chi connectivity index (χ1n) is 7.61. The first-order chi connectivity index (χ1) is 9.31. The van der Waals surface area contributed by atoms with Crippen molar-refractivity contribution >= 4 is 29.4 Å². The van der Waals surface area contributed by atoms with E-state index >= 15 is 0 Å². The van der Waals surface area contributed by atoms with Crippen LogP contribution in [0.4, 0.5) is 4.79 Å². The lowest BCUT2D eigenvalue weighted by Gasteiger charge is -2.32. The highest BCUT2D eigenvalue weighted by atomic mass is 35.5. The van der Waals surface area contributed by atoms with Gasteiger partial charge in [0.2, 0.25) is 0 Å². The summed E-state index contributed by atoms with van der Waals surface area (Å²) in [6.07, 6.45) is 7.78. The minimum absolute atomic E-state index is 0.199. The summed E-state index contributed by atoms with van der Waals surface area (Å²) in [5, 5.41) is -1.98. The normalized spacial score (nSPS) is 27.0. The Balaban J connectivity index is 1.87. The van der Waals surface area contributed by atoms with Gasteiger partial charge in [0.25, 0.3) is 0 Å². The molecule has 2 atom stereocenters. The van der Waals surface area contributed by atoms with Crippen LogP contribution in [0.15, 0.2) is 0 Å². The van der Waals surface area contributed by atoms with Crippen LogP contribution in [0, 0.1) is 11.8 Å². The molecular formula is C15H24Cl2O3. The predicted octanol–water partition coefficient (Wildman–Crippen LogP) is 5.43. The molecular weight excluding hydrogens is 299 g/mol. The van der Waals surface area contributed by atoms with Crippen molar-refractivity contribution in [1.29, 1.82) is 0 Å². The van der Waals surface area contributed by atoms with Crippen LogP contribution >= 0.6 is 23.2 Å². The summed E-state index contributed by atoms with van der Waals surface area (Å²) in [7, 11) is 0. The maximum absolute atomic E-state index is 12.0. The summed E-state index contributed by atoms with van der Waals surface area (Å²) >= 11 is 12.7. The average molecular weight is 323 g/mol. The molecule has 0 aromatic rings. The fraction of sp³-hybridized carbons (Fsp3) is 0.933. The fourth-order valence-corrected chi connectivity index (χ4v) is 3.96. The lowest BCUT2D eigenvalue weighted by Crippen LogP contribution is -2.38. The van der Waals surface area contributed by atoms with Gasteiger partial charge in [0.15, 0.2) is 10.1 Å². The molecule has 2 aliphatic rings. The smallest absolute Gasteiger partial charge is 0.412 e. The third kappa shape index (κ3) is 3.94. The van der Waals surface area contributed by atoms with Gasteiger partial charge in [0, 0.05) is 11.8 Å². The third-order valence-electron chi connectivity index (χ3n) is 4.73. The Bertz CT molecular complexity index is 311. The molecule has 0 bridgehead atoms.